The van der Waals surface area contributed by atoms with E-state index in [1.807, 2.05) is 0 Å². The summed E-state index contributed by atoms with van der Waals surface area (Å²) >= 11 is 0. The van der Waals surface area contributed by atoms with Crippen molar-refractivity contribution in [3.63, 3.8) is 0 Å². The smallest absolute Gasteiger partial charge is 0.0417 e. The molecule has 0 saturated heterocycles. The first-order valence-corrected chi connectivity index (χ1v) is 8.64. The minimum absolute atomic E-state index is 1.01. The van der Waals surface area contributed by atoms with Crippen molar-refractivity contribution in [3.05, 3.63) is 6.92 Å². The van der Waals surface area contributed by atoms with E-state index in [4.69, 9.17) is 0 Å². The van der Waals surface area contributed by atoms with Crippen LogP contribution < -0.4 is 0 Å². The van der Waals surface area contributed by atoms with Gasteiger partial charge in [-0.25, -0.2) is 0 Å². The molecule has 0 fully saturated rings. The van der Waals surface area contributed by atoms with Crippen LogP contribution in [0.3, 0.4) is 0 Å². The first-order valence-electron chi connectivity index (χ1n) is 8.64. The molecule has 0 amide bonds. The standard InChI is InChI=1S/C18H37/c1-4-7-9-11-13-15-17-18(6-3)16-14-12-10-8-5-2/h18H,2,4-17H2,1,3H3. The number of hydrogen-bond donors (Lipinski definition) is 0. The van der Waals surface area contributed by atoms with Crippen molar-refractivity contribution in [2.75, 3.05) is 0 Å². The van der Waals surface area contributed by atoms with E-state index in [0.29, 0.717) is 0 Å². The number of unbranched alkanes of at least 4 members (excludes halogenated alkanes) is 9. The van der Waals surface area contributed by atoms with E-state index in [-0.39, 0.29) is 0 Å². The molecule has 1 radical (unpaired) electrons. The van der Waals surface area contributed by atoms with Crippen LogP contribution in [0.15, 0.2) is 0 Å². The highest BCUT2D eigenvalue weighted by Gasteiger charge is 2.05. The zero-order valence-electron chi connectivity index (χ0n) is 13.2. The third kappa shape index (κ3) is 12.5. The van der Waals surface area contributed by atoms with Gasteiger partial charge in [0.2, 0.25) is 0 Å². The summed E-state index contributed by atoms with van der Waals surface area (Å²) in [6.45, 7) is 8.57. The van der Waals surface area contributed by atoms with Crippen LogP contribution in [0.25, 0.3) is 0 Å². The maximum absolute atomic E-state index is 3.91. The van der Waals surface area contributed by atoms with Gasteiger partial charge in [-0.05, 0) is 5.92 Å². The Morgan fingerprint density at radius 1 is 0.667 bits per heavy atom. The van der Waals surface area contributed by atoms with E-state index in [2.05, 4.69) is 20.8 Å². The average molecular weight is 253 g/mol. The molecule has 1 unspecified atom stereocenters. The summed E-state index contributed by atoms with van der Waals surface area (Å²) in [6, 6.07) is 0. The number of rotatable bonds is 14. The first kappa shape index (κ1) is 18.0. The Hall–Kier alpha value is 0. The van der Waals surface area contributed by atoms with Crippen molar-refractivity contribution >= 4 is 0 Å². The molecule has 0 heterocycles. The van der Waals surface area contributed by atoms with E-state index < -0.39 is 0 Å². The van der Waals surface area contributed by atoms with Gasteiger partial charge in [-0.1, -0.05) is 111 Å². The predicted octanol–water partition coefficient (Wildman–Crippen LogP) is 6.94. The van der Waals surface area contributed by atoms with Crippen molar-refractivity contribution < 1.29 is 0 Å². The highest BCUT2D eigenvalue weighted by atomic mass is 14.1. The molecule has 0 saturated carbocycles. The second kappa shape index (κ2) is 15.1. The van der Waals surface area contributed by atoms with Crippen LogP contribution in [0.4, 0.5) is 0 Å². The zero-order chi connectivity index (χ0) is 13.5. The monoisotopic (exact) mass is 253 g/mol. The van der Waals surface area contributed by atoms with Crippen LogP contribution in [0.1, 0.15) is 104 Å². The Morgan fingerprint density at radius 3 is 1.67 bits per heavy atom. The third-order valence-corrected chi connectivity index (χ3v) is 4.16. The van der Waals surface area contributed by atoms with E-state index in [1.54, 1.807) is 0 Å². The zero-order valence-corrected chi connectivity index (χ0v) is 13.2. The Balaban J connectivity index is 3.29. The lowest BCUT2D eigenvalue weighted by atomic mass is 9.92. The van der Waals surface area contributed by atoms with Crippen molar-refractivity contribution in [3.8, 4) is 0 Å². The Labute approximate surface area is 117 Å². The van der Waals surface area contributed by atoms with Gasteiger partial charge in [0, 0.05) is 0 Å². The normalized spacial score (nSPS) is 12.8. The van der Waals surface area contributed by atoms with Crippen molar-refractivity contribution in [2.45, 2.75) is 104 Å². The van der Waals surface area contributed by atoms with Gasteiger partial charge >= 0.3 is 0 Å². The van der Waals surface area contributed by atoms with Crippen molar-refractivity contribution in [2.24, 2.45) is 5.92 Å². The molecule has 1 atom stereocenters. The summed E-state index contributed by atoms with van der Waals surface area (Å²) < 4.78 is 0. The molecule has 0 bridgehead atoms. The Bertz CT molecular complexity index is 139. The molecule has 0 aromatic rings. The van der Waals surface area contributed by atoms with Crippen LogP contribution in [0.5, 0.6) is 0 Å². The molecule has 0 N–H and O–H groups in total. The van der Waals surface area contributed by atoms with Crippen LogP contribution in [-0.2, 0) is 0 Å². The van der Waals surface area contributed by atoms with E-state index in [0.717, 1.165) is 12.3 Å². The van der Waals surface area contributed by atoms with Gasteiger partial charge in [0.25, 0.3) is 0 Å². The Morgan fingerprint density at radius 2 is 1.17 bits per heavy atom. The molecule has 0 heteroatoms. The van der Waals surface area contributed by atoms with E-state index in [9.17, 15) is 0 Å². The first-order chi connectivity index (χ1) is 8.85. The van der Waals surface area contributed by atoms with Crippen LogP contribution in [-0.4, -0.2) is 0 Å². The topological polar surface area (TPSA) is 0 Å². The van der Waals surface area contributed by atoms with Gasteiger partial charge in [-0.2, -0.15) is 0 Å². The quantitative estimate of drug-likeness (QED) is 0.294. The molecule has 0 aliphatic carbocycles. The highest BCUT2D eigenvalue weighted by molar-refractivity contribution is 4.59. The molecule has 0 aliphatic rings. The van der Waals surface area contributed by atoms with Gasteiger partial charge in [0.15, 0.2) is 0 Å². The van der Waals surface area contributed by atoms with Crippen molar-refractivity contribution in [1.82, 2.24) is 0 Å². The Kier molecular flexibility index (Phi) is 15.1. The van der Waals surface area contributed by atoms with Gasteiger partial charge in [-0.15, -0.1) is 0 Å². The molecule has 0 rings (SSSR count). The lowest BCUT2D eigenvalue weighted by molar-refractivity contribution is 0.393. The van der Waals surface area contributed by atoms with Crippen LogP contribution in [0, 0.1) is 12.8 Å². The average Bonchev–Trinajstić information content (AvgIpc) is 2.40. The summed E-state index contributed by atoms with van der Waals surface area (Å²) in [5.41, 5.74) is 0. The van der Waals surface area contributed by atoms with Gasteiger partial charge in [-0.3, -0.25) is 0 Å². The summed E-state index contributed by atoms with van der Waals surface area (Å²) in [6.07, 6.45) is 19.8. The molecular formula is C18H37. The minimum Gasteiger partial charge on any atom is -0.0654 e. The van der Waals surface area contributed by atoms with Gasteiger partial charge < -0.3 is 0 Å². The van der Waals surface area contributed by atoms with Gasteiger partial charge in [0.1, 0.15) is 0 Å². The fourth-order valence-electron chi connectivity index (χ4n) is 2.73. The fraction of sp³-hybridized carbons (Fsp3) is 0.944. The largest absolute Gasteiger partial charge is 0.0654 e. The predicted molar refractivity (Wildman–Crippen MR) is 84.8 cm³/mol. The molecule has 109 valence electrons. The molecule has 0 aliphatic heterocycles. The lowest BCUT2D eigenvalue weighted by Gasteiger charge is -2.14. The van der Waals surface area contributed by atoms with Crippen LogP contribution in [0.2, 0.25) is 0 Å². The summed E-state index contributed by atoms with van der Waals surface area (Å²) in [4.78, 5) is 0. The molecule has 0 aromatic heterocycles. The maximum atomic E-state index is 3.91. The molecule has 0 nitrogen and oxygen atoms in total. The van der Waals surface area contributed by atoms with E-state index in [1.165, 1.54) is 83.5 Å². The SMILES string of the molecule is [CH2]CCCCCCC(CC)CCCCCCCC. The lowest BCUT2D eigenvalue weighted by Crippen LogP contribution is -1.99. The summed E-state index contributed by atoms with van der Waals surface area (Å²) in [5.74, 6) is 1.01. The van der Waals surface area contributed by atoms with E-state index >= 15 is 0 Å². The molecular weight excluding hydrogens is 216 g/mol. The van der Waals surface area contributed by atoms with Crippen molar-refractivity contribution in [1.29, 1.82) is 0 Å². The van der Waals surface area contributed by atoms with Crippen LogP contribution >= 0.6 is 0 Å². The second-order valence-corrected chi connectivity index (χ2v) is 5.89. The fourth-order valence-corrected chi connectivity index (χ4v) is 2.73. The summed E-state index contributed by atoms with van der Waals surface area (Å²) in [5, 5.41) is 0. The second-order valence-electron chi connectivity index (χ2n) is 5.89. The maximum Gasteiger partial charge on any atom is -0.0417 e. The molecule has 18 heavy (non-hydrogen) atoms. The summed E-state index contributed by atoms with van der Waals surface area (Å²) in [7, 11) is 0. The minimum atomic E-state index is 1.01. The highest BCUT2D eigenvalue weighted by Crippen LogP contribution is 2.21. The molecule has 0 aromatic carbocycles. The third-order valence-electron chi connectivity index (χ3n) is 4.16. The number of hydrogen-bond acceptors (Lipinski definition) is 0. The molecule has 0 spiro atoms. The van der Waals surface area contributed by atoms with Gasteiger partial charge in [0.05, 0.1) is 0 Å².